The maximum absolute atomic E-state index is 9.00. The zero-order chi connectivity index (χ0) is 14.4. The summed E-state index contributed by atoms with van der Waals surface area (Å²) in [7, 11) is 0. The summed E-state index contributed by atoms with van der Waals surface area (Å²) < 4.78 is 0. The van der Waals surface area contributed by atoms with E-state index < -0.39 is 5.97 Å². The van der Waals surface area contributed by atoms with Gasteiger partial charge in [-0.05, 0) is 16.8 Å². The number of aromatic nitrogens is 1. The van der Waals surface area contributed by atoms with Crippen LogP contribution in [0.4, 0.5) is 0 Å². The van der Waals surface area contributed by atoms with Gasteiger partial charge >= 0.3 is 0 Å². The standard InChI is InChI=1S/C9H7N.C2H4O2.2C2H6/c1-2-4-9-7-10-6-5-8(9)3-1;1-2(3)4;2*1-2/h1-7H;1H3,(H,3,4);2*1-2H3. The van der Waals surface area contributed by atoms with Crippen LogP contribution in [0.3, 0.4) is 0 Å². The monoisotopic (exact) mass is 249 g/mol. The first-order chi connectivity index (χ1) is 8.70. The maximum atomic E-state index is 9.00. The third-order valence-corrected chi connectivity index (χ3v) is 1.55. The Balaban J connectivity index is 0. The molecule has 1 N–H and O–H groups in total. The number of fused-ring (bicyclic) bond motifs is 1. The minimum atomic E-state index is -0.833. The summed E-state index contributed by atoms with van der Waals surface area (Å²) in [6.07, 6.45) is 3.68. The summed E-state index contributed by atoms with van der Waals surface area (Å²) in [5, 5.41) is 9.86. The second-order valence-corrected chi connectivity index (χ2v) is 2.74. The first-order valence-electron chi connectivity index (χ1n) is 6.18. The van der Waals surface area contributed by atoms with Crippen LogP contribution in [0.15, 0.2) is 42.7 Å². The lowest BCUT2D eigenvalue weighted by atomic mass is 10.2. The van der Waals surface area contributed by atoms with Crippen LogP contribution in [0.25, 0.3) is 10.8 Å². The molecule has 2 rings (SSSR count). The normalized spacial score (nSPS) is 7.61. The first-order valence-corrected chi connectivity index (χ1v) is 6.18. The summed E-state index contributed by atoms with van der Waals surface area (Å²) in [4.78, 5) is 13.0. The van der Waals surface area contributed by atoms with E-state index in [9.17, 15) is 0 Å². The van der Waals surface area contributed by atoms with Crippen LogP contribution < -0.4 is 0 Å². The zero-order valence-electron chi connectivity index (χ0n) is 11.8. The lowest BCUT2D eigenvalue weighted by Gasteiger charge is -1.91. The molecule has 0 atom stereocenters. The van der Waals surface area contributed by atoms with Crippen LogP contribution in [-0.2, 0) is 4.79 Å². The van der Waals surface area contributed by atoms with Crippen molar-refractivity contribution in [1.82, 2.24) is 4.98 Å². The van der Waals surface area contributed by atoms with Gasteiger partial charge in [-0.3, -0.25) is 9.78 Å². The molecule has 0 fully saturated rings. The Bertz CT molecular complexity index is 358. The summed E-state index contributed by atoms with van der Waals surface area (Å²) in [5.41, 5.74) is 0. The molecule has 2 aromatic rings. The number of hydrogen-bond acceptors (Lipinski definition) is 2. The molecule has 1 aromatic carbocycles. The molecular formula is C15H23NO2. The fraction of sp³-hybridized carbons (Fsp3) is 0.333. The first kappa shape index (κ1) is 18.5. The number of hydrogen-bond donors (Lipinski definition) is 1. The van der Waals surface area contributed by atoms with Crippen LogP contribution >= 0.6 is 0 Å². The minimum Gasteiger partial charge on any atom is -0.481 e. The topological polar surface area (TPSA) is 50.2 Å². The third-order valence-electron chi connectivity index (χ3n) is 1.55. The third kappa shape index (κ3) is 9.33. The van der Waals surface area contributed by atoms with Gasteiger partial charge in [-0.1, -0.05) is 52.0 Å². The molecule has 0 bridgehead atoms. The molecule has 3 heteroatoms. The van der Waals surface area contributed by atoms with E-state index in [1.165, 1.54) is 10.8 Å². The van der Waals surface area contributed by atoms with E-state index in [0.29, 0.717) is 0 Å². The highest BCUT2D eigenvalue weighted by Gasteiger charge is 1.86. The minimum absolute atomic E-state index is 0.833. The Kier molecular flexibility index (Phi) is 13.5. The molecule has 0 saturated heterocycles. The van der Waals surface area contributed by atoms with Crippen molar-refractivity contribution in [2.75, 3.05) is 0 Å². The van der Waals surface area contributed by atoms with Crippen molar-refractivity contribution in [1.29, 1.82) is 0 Å². The molecule has 100 valence electrons. The van der Waals surface area contributed by atoms with Crippen molar-refractivity contribution >= 4 is 16.7 Å². The van der Waals surface area contributed by atoms with E-state index in [-0.39, 0.29) is 0 Å². The summed E-state index contributed by atoms with van der Waals surface area (Å²) in [6, 6.07) is 10.2. The number of aliphatic carboxylic acids is 1. The average molecular weight is 249 g/mol. The summed E-state index contributed by atoms with van der Waals surface area (Å²) >= 11 is 0. The molecule has 1 heterocycles. The quantitative estimate of drug-likeness (QED) is 0.753. The van der Waals surface area contributed by atoms with E-state index in [1.54, 1.807) is 0 Å². The summed E-state index contributed by atoms with van der Waals surface area (Å²) in [5.74, 6) is -0.833. The molecule has 0 aliphatic rings. The van der Waals surface area contributed by atoms with E-state index in [1.807, 2.05) is 58.3 Å². The number of nitrogens with zero attached hydrogens (tertiary/aromatic N) is 1. The molecule has 0 saturated carbocycles. The number of pyridine rings is 1. The van der Waals surface area contributed by atoms with E-state index in [0.717, 1.165) is 6.92 Å². The van der Waals surface area contributed by atoms with Gasteiger partial charge in [-0.15, -0.1) is 0 Å². The number of carboxylic acid groups (broad SMARTS) is 1. The molecule has 0 amide bonds. The van der Waals surface area contributed by atoms with Crippen LogP contribution in [0.2, 0.25) is 0 Å². The zero-order valence-corrected chi connectivity index (χ0v) is 11.8. The second-order valence-electron chi connectivity index (χ2n) is 2.74. The highest BCUT2D eigenvalue weighted by Crippen LogP contribution is 2.09. The highest BCUT2D eigenvalue weighted by atomic mass is 16.4. The summed E-state index contributed by atoms with van der Waals surface area (Å²) in [6.45, 7) is 9.08. The van der Waals surface area contributed by atoms with E-state index >= 15 is 0 Å². The number of rotatable bonds is 0. The van der Waals surface area contributed by atoms with Gasteiger partial charge in [0, 0.05) is 19.3 Å². The average Bonchev–Trinajstić information content (AvgIpc) is 2.43. The van der Waals surface area contributed by atoms with Gasteiger partial charge in [0.25, 0.3) is 5.97 Å². The Hall–Kier alpha value is -1.90. The van der Waals surface area contributed by atoms with Crippen molar-refractivity contribution in [3.63, 3.8) is 0 Å². The Morgan fingerprint density at radius 3 is 1.89 bits per heavy atom. The molecule has 0 aliphatic carbocycles. The molecule has 0 spiro atoms. The van der Waals surface area contributed by atoms with Gasteiger partial charge in [0.15, 0.2) is 0 Å². The largest absolute Gasteiger partial charge is 0.481 e. The van der Waals surface area contributed by atoms with Crippen molar-refractivity contribution in [3.05, 3.63) is 42.7 Å². The van der Waals surface area contributed by atoms with Crippen LogP contribution in [-0.4, -0.2) is 16.1 Å². The second kappa shape index (κ2) is 13.2. The number of carbonyl (C=O) groups is 1. The predicted molar refractivity (Wildman–Crippen MR) is 77.7 cm³/mol. The van der Waals surface area contributed by atoms with Gasteiger partial charge in [0.05, 0.1) is 0 Å². The molecule has 0 aliphatic heterocycles. The molecular weight excluding hydrogens is 226 g/mol. The van der Waals surface area contributed by atoms with Crippen molar-refractivity contribution in [2.45, 2.75) is 34.6 Å². The molecule has 3 nitrogen and oxygen atoms in total. The van der Waals surface area contributed by atoms with Gasteiger partial charge in [0.1, 0.15) is 0 Å². The molecule has 18 heavy (non-hydrogen) atoms. The Morgan fingerprint density at radius 1 is 1.00 bits per heavy atom. The molecule has 0 radical (unpaired) electrons. The molecule has 1 aromatic heterocycles. The predicted octanol–water partition coefficient (Wildman–Crippen LogP) is 4.38. The van der Waals surface area contributed by atoms with Crippen molar-refractivity contribution < 1.29 is 9.90 Å². The van der Waals surface area contributed by atoms with Crippen LogP contribution in [0, 0.1) is 0 Å². The number of carboxylic acids is 1. The van der Waals surface area contributed by atoms with Gasteiger partial charge < -0.3 is 5.11 Å². The van der Waals surface area contributed by atoms with Gasteiger partial charge in [0.2, 0.25) is 0 Å². The highest BCUT2D eigenvalue weighted by molar-refractivity contribution is 5.80. The van der Waals surface area contributed by atoms with Crippen molar-refractivity contribution in [2.24, 2.45) is 0 Å². The molecule has 0 unspecified atom stereocenters. The van der Waals surface area contributed by atoms with Gasteiger partial charge in [-0.25, -0.2) is 0 Å². The smallest absolute Gasteiger partial charge is 0.300 e. The van der Waals surface area contributed by atoms with Crippen LogP contribution in [0.5, 0.6) is 0 Å². The maximum Gasteiger partial charge on any atom is 0.300 e. The van der Waals surface area contributed by atoms with Crippen LogP contribution in [0.1, 0.15) is 34.6 Å². The Labute approximate surface area is 109 Å². The van der Waals surface area contributed by atoms with E-state index in [4.69, 9.17) is 9.90 Å². The fourth-order valence-corrected chi connectivity index (χ4v) is 1.03. The Morgan fingerprint density at radius 2 is 1.44 bits per heavy atom. The van der Waals surface area contributed by atoms with Crippen molar-refractivity contribution in [3.8, 4) is 0 Å². The SMILES string of the molecule is CC.CC.CC(=O)O.c1ccc2cnccc2c1. The lowest BCUT2D eigenvalue weighted by molar-refractivity contribution is -0.134. The fourth-order valence-electron chi connectivity index (χ4n) is 1.03. The number of benzene rings is 1. The van der Waals surface area contributed by atoms with Gasteiger partial charge in [-0.2, -0.15) is 0 Å². The lowest BCUT2D eigenvalue weighted by Crippen LogP contribution is -1.78. The van der Waals surface area contributed by atoms with E-state index in [2.05, 4.69) is 17.1 Å².